The number of rotatable bonds is 10. The maximum atomic E-state index is 13.5. The van der Waals surface area contributed by atoms with Crippen LogP contribution in [0, 0.1) is 5.92 Å². The van der Waals surface area contributed by atoms with E-state index in [4.69, 9.17) is 15.3 Å². The van der Waals surface area contributed by atoms with Gasteiger partial charge in [0.15, 0.2) is 0 Å². The van der Waals surface area contributed by atoms with E-state index in [1.165, 1.54) is 32.1 Å². The number of nitrogens with two attached hydrogens (primary N) is 1. The lowest BCUT2D eigenvalue weighted by Gasteiger charge is -2.38. The van der Waals surface area contributed by atoms with Gasteiger partial charge >= 0.3 is 6.09 Å². The van der Waals surface area contributed by atoms with Gasteiger partial charge in [0.1, 0.15) is 18.2 Å². The minimum absolute atomic E-state index is 0.0316. The molecule has 206 valence electrons. The molecule has 3 amide bonds. The van der Waals surface area contributed by atoms with Crippen molar-refractivity contribution in [1.29, 1.82) is 0 Å². The zero-order chi connectivity index (χ0) is 26.6. The Morgan fingerprint density at radius 1 is 1.08 bits per heavy atom. The Bertz CT molecular complexity index is 748. The molecule has 2 rings (SSSR count). The molecule has 0 radical (unpaired) electrons. The summed E-state index contributed by atoms with van der Waals surface area (Å²) in [6.07, 6.45) is 8.67. The van der Waals surface area contributed by atoms with Gasteiger partial charge in [0.05, 0.1) is 12.6 Å². The molecule has 1 saturated carbocycles. The SMILES string of the molecule is CCN[C@H](CC1CCCCC1)C(=O)N1CCCC[C@H]1C(=O)NCCO/N=C(/N)NC(=O)OC(C)(C)C. The van der Waals surface area contributed by atoms with Crippen LogP contribution in [-0.2, 0) is 19.2 Å². The molecule has 36 heavy (non-hydrogen) atoms. The second-order valence-electron chi connectivity index (χ2n) is 10.6. The predicted molar refractivity (Wildman–Crippen MR) is 138 cm³/mol. The molecule has 0 aromatic heterocycles. The average Bonchev–Trinajstić information content (AvgIpc) is 2.82. The lowest BCUT2D eigenvalue weighted by atomic mass is 9.84. The second kappa shape index (κ2) is 14.9. The number of hydrogen-bond acceptors (Lipinski definition) is 7. The zero-order valence-corrected chi connectivity index (χ0v) is 22.4. The normalized spacial score (nSPS) is 20.4. The second-order valence-corrected chi connectivity index (χ2v) is 10.6. The number of hydrogen-bond donors (Lipinski definition) is 4. The summed E-state index contributed by atoms with van der Waals surface area (Å²) in [4.78, 5) is 44.9. The van der Waals surface area contributed by atoms with Gasteiger partial charge in [-0.2, -0.15) is 0 Å². The number of nitrogens with zero attached hydrogens (tertiary/aromatic N) is 2. The topological polar surface area (TPSA) is 147 Å². The van der Waals surface area contributed by atoms with Crippen LogP contribution in [0.1, 0.15) is 85.5 Å². The smallest absolute Gasteiger partial charge is 0.414 e. The van der Waals surface area contributed by atoms with E-state index in [1.807, 2.05) is 6.92 Å². The minimum Gasteiger partial charge on any atom is -0.444 e. The molecule has 11 heteroatoms. The summed E-state index contributed by atoms with van der Waals surface area (Å²) in [5.74, 6) is 0.165. The van der Waals surface area contributed by atoms with Crippen molar-refractivity contribution in [3.05, 3.63) is 0 Å². The highest BCUT2D eigenvalue weighted by atomic mass is 16.6. The van der Waals surface area contributed by atoms with Gasteiger partial charge < -0.3 is 30.8 Å². The molecule has 1 aliphatic carbocycles. The molecule has 0 unspecified atom stereocenters. The first-order valence-electron chi connectivity index (χ1n) is 13.4. The van der Waals surface area contributed by atoms with Crippen LogP contribution in [0.3, 0.4) is 0 Å². The summed E-state index contributed by atoms with van der Waals surface area (Å²) >= 11 is 0. The number of likely N-dealkylation sites (tertiary alicyclic amines) is 1. The largest absolute Gasteiger partial charge is 0.444 e. The van der Waals surface area contributed by atoms with Crippen LogP contribution >= 0.6 is 0 Å². The number of oxime groups is 1. The molecule has 5 N–H and O–H groups in total. The van der Waals surface area contributed by atoms with Crippen molar-refractivity contribution in [1.82, 2.24) is 20.9 Å². The molecule has 2 aliphatic rings. The lowest BCUT2D eigenvalue weighted by Crippen LogP contribution is -2.57. The van der Waals surface area contributed by atoms with E-state index in [9.17, 15) is 14.4 Å². The Balaban J connectivity index is 1.82. The summed E-state index contributed by atoms with van der Waals surface area (Å²) in [5.41, 5.74) is 4.94. The maximum absolute atomic E-state index is 13.5. The van der Waals surface area contributed by atoms with E-state index >= 15 is 0 Å². The van der Waals surface area contributed by atoms with Gasteiger partial charge in [-0.05, 0) is 64.1 Å². The molecular formula is C25H46N6O5. The number of carbonyl (C=O) groups is 3. The van der Waals surface area contributed by atoms with Crippen molar-refractivity contribution >= 4 is 23.9 Å². The molecule has 2 atom stereocenters. The molecule has 2 fully saturated rings. The summed E-state index contributed by atoms with van der Waals surface area (Å²) in [6.45, 7) is 8.78. The maximum Gasteiger partial charge on any atom is 0.414 e. The van der Waals surface area contributed by atoms with Crippen LogP contribution in [0.15, 0.2) is 5.16 Å². The van der Waals surface area contributed by atoms with Crippen LogP contribution < -0.4 is 21.7 Å². The lowest BCUT2D eigenvalue weighted by molar-refractivity contribution is -0.144. The van der Waals surface area contributed by atoms with Crippen molar-refractivity contribution in [2.75, 3.05) is 26.2 Å². The van der Waals surface area contributed by atoms with Crippen molar-refractivity contribution in [3.63, 3.8) is 0 Å². The molecule has 0 aromatic rings. The van der Waals surface area contributed by atoms with Crippen molar-refractivity contribution in [2.24, 2.45) is 16.8 Å². The van der Waals surface area contributed by atoms with E-state index in [1.54, 1.807) is 25.7 Å². The molecule has 0 aromatic carbocycles. The Morgan fingerprint density at radius 3 is 2.44 bits per heavy atom. The Hall–Kier alpha value is -2.56. The van der Waals surface area contributed by atoms with E-state index in [-0.39, 0.29) is 37.0 Å². The third-order valence-corrected chi connectivity index (χ3v) is 6.42. The number of ether oxygens (including phenoxy) is 1. The molecule has 0 spiro atoms. The highest BCUT2D eigenvalue weighted by Crippen LogP contribution is 2.28. The number of guanidine groups is 1. The Labute approximate surface area is 215 Å². The summed E-state index contributed by atoms with van der Waals surface area (Å²) < 4.78 is 5.08. The average molecular weight is 511 g/mol. The number of nitrogens with one attached hydrogen (secondary N) is 3. The molecule has 1 aliphatic heterocycles. The van der Waals surface area contributed by atoms with Crippen LogP contribution in [0.2, 0.25) is 0 Å². The van der Waals surface area contributed by atoms with Gasteiger partial charge in [0.25, 0.3) is 0 Å². The highest BCUT2D eigenvalue weighted by Gasteiger charge is 2.36. The van der Waals surface area contributed by atoms with Crippen LogP contribution in [-0.4, -0.2) is 72.7 Å². The predicted octanol–water partition coefficient (Wildman–Crippen LogP) is 2.20. The van der Waals surface area contributed by atoms with Gasteiger partial charge in [-0.1, -0.05) is 39.0 Å². The number of piperidine rings is 1. The zero-order valence-electron chi connectivity index (χ0n) is 22.4. The van der Waals surface area contributed by atoms with Crippen LogP contribution in [0.5, 0.6) is 0 Å². The first-order chi connectivity index (χ1) is 17.1. The quantitative estimate of drug-likeness (QED) is 0.152. The fourth-order valence-electron chi connectivity index (χ4n) is 4.83. The summed E-state index contributed by atoms with van der Waals surface area (Å²) in [7, 11) is 0. The van der Waals surface area contributed by atoms with E-state index in [2.05, 4.69) is 21.1 Å². The third-order valence-electron chi connectivity index (χ3n) is 6.42. The van der Waals surface area contributed by atoms with Gasteiger partial charge in [-0.15, -0.1) is 0 Å². The summed E-state index contributed by atoms with van der Waals surface area (Å²) in [5, 5.41) is 12.1. The van der Waals surface area contributed by atoms with Crippen molar-refractivity contribution in [2.45, 2.75) is 103 Å². The monoisotopic (exact) mass is 510 g/mol. The molecule has 1 heterocycles. The number of amides is 3. The van der Waals surface area contributed by atoms with Crippen molar-refractivity contribution < 1.29 is 24.0 Å². The first-order valence-corrected chi connectivity index (χ1v) is 13.4. The number of alkyl carbamates (subject to hydrolysis) is 1. The van der Waals surface area contributed by atoms with E-state index < -0.39 is 17.7 Å². The van der Waals surface area contributed by atoms with Gasteiger partial charge in [-0.25, -0.2) is 4.79 Å². The highest BCUT2D eigenvalue weighted by molar-refractivity contribution is 5.92. The molecule has 1 saturated heterocycles. The third kappa shape index (κ3) is 10.6. The van der Waals surface area contributed by atoms with Gasteiger partial charge in [-0.3, -0.25) is 14.9 Å². The Morgan fingerprint density at radius 2 is 1.78 bits per heavy atom. The van der Waals surface area contributed by atoms with E-state index in [0.717, 1.165) is 25.8 Å². The molecule has 11 nitrogen and oxygen atoms in total. The van der Waals surface area contributed by atoms with Gasteiger partial charge in [0, 0.05) is 6.54 Å². The Kier molecular flexibility index (Phi) is 12.3. The van der Waals surface area contributed by atoms with Crippen LogP contribution in [0.25, 0.3) is 0 Å². The fraction of sp³-hybridized carbons (Fsp3) is 0.840. The van der Waals surface area contributed by atoms with Crippen LogP contribution in [0.4, 0.5) is 4.79 Å². The number of likely N-dealkylation sites (N-methyl/N-ethyl adjacent to an activating group) is 1. The van der Waals surface area contributed by atoms with E-state index in [0.29, 0.717) is 18.9 Å². The molecular weight excluding hydrogens is 464 g/mol. The number of carbonyl (C=O) groups excluding carboxylic acids is 3. The minimum atomic E-state index is -0.734. The van der Waals surface area contributed by atoms with Crippen molar-refractivity contribution in [3.8, 4) is 0 Å². The first kappa shape index (κ1) is 29.7. The standard InChI is InChI=1S/C25H46N6O5/c1-5-27-19(17-18-11-7-6-8-12-18)22(33)31-15-10-9-13-20(31)21(32)28-14-16-35-30-23(26)29-24(34)36-25(2,3)4/h18-20,27H,5-17H2,1-4H3,(H,28,32)(H3,26,29,30,34)/t19-,20+/m1/s1. The fourth-order valence-corrected chi connectivity index (χ4v) is 4.83. The summed E-state index contributed by atoms with van der Waals surface area (Å²) in [6, 6.07) is -0.731. The van der Waals surface area contributed by atoms with Gasteiger partial charge in [0.2, 0.25) is 17.8 Å². The molecule has 0 bridgehead atoms.